The number of nitrogens with zero attached hydrogens (tertiary/aromatic N) is 1. The second-order valence-electron chi connectivity index (χ2n) is 6.05. The molecule has 1 aromatic carbocycles. The van der Waals surface area contributed by atoms with Crippen LogP contribution in [0.1, 0.15) is 22.9 Å². The van der Waals surface area contributed by atoms with Crippen LogP contribution in [0.2, 0.25) is 0 Å². The molecule has 2 heterocycles. The number of thiophene rings is 1. The Bertz CT molecular complexity index is 788. The number of carbonyl (C=O) groups excluding carboxylic acids is 1. The van der Waals surface area contributed by atoms with Gasteiger partial charge in [-0.15, -0.1) is 11.3 Å². The van der Waals surface area contributed by atoms with Gasteiger partial charge < -0.3 is 11.1 Å². The molecule has 4 nitrogen and oxygen atoms in total. The Morgan fingerprint density at radius 3 is 2.84 bits per heavy atom. The molecule has 1 aliphatic rings. The molecule has 0 saturated heterocycles. The van der Waals surface area contributed by atoms with E-state index in [1.807, 2.05) is 16.3 Å². The highest BCUT2D eigenvalue weighted by molar-refractivity contribution is 7.10. The van der Waals surface area contributed by atoms with Gasteiger partial charge in [0.15, 0.2) is 0 Å². The van der Waals surface area contributed by atoms with Crippen LogP contribution in [0.5, 0.6) is 0 Å². The van der Waals surface area contributed by atoms with Crippen LogP contribution in [-0.4, -0.2) is 23.4 Å². The number of fused-ring (bicyclic) bond motifs is 1. The standard InChI is InChI=1S/C17H18F3N3OS/c1-10(23-6-4-15-11(9-23)5-7-25-15)16(24)22-12-2-3-14(21)13(8-12)17(18,19)20/h2-3,5,7-8,10H,4,6,9,21H2,1H3,(H,22,24). The van der Waals surface area contributed by atoms with Crippen LogP contribution in [-0.2, 0) is 23.9 Å². The van der Waals surface area contributed by atoms with Crippen molar-refractivity contribution in [2.75, 3.05) is 17.6 Å². The Morgan fingerprint density at radius 1 is 1.36 bits per heavy atom. The van der Waals surface area contributed by atoms with Gasteiger partial charge in [-0.25, -0.2) is 0 Å². The van der Waals surface area contributed by atoms with E-state index in [4.69, 9.17) is 5.73 Å². The van der Waals surface area contributed by atoms with Gasteiger partial charge in [-0.05, 0) is 48.6 Å². The number of rotatable bonds is 3. The van der Waals surface area contributed by atoms with E-state index in [1.54, 1.807) is 18.3 Å². The molecule has 0 bridgehead atoms. The molecular weight excluding hydrogens is 351 g/mol. The lowest BCUT2D eigenvalue weighted by Crippen LogP contribution is -2.44. The summed E-state index contributed by atoms with van der Waals surface area (Å²) in [5, 5.41) is 4.60. The SMILES string of the molecule is CC(C(=O)Nc1ccc(N)c(C(F)(F)F)c1)N1CCc2sccc2C1. The van der Waals surface area contributed by atoms with Crippen molar-refractivity contribution in [1.82, 2.24) is 4.90 Å². The molecule has 1 aliphatic heterocycles. The van der Waals surface area contributed by atoms with Crippen LogP contribution < -0.4 is 11.1 Å². The first-order valence-electron chi connectivity index (χ1n) is 7.82. The molecule has 1 amide bonds. The molecule has 1 atom stereocenters. The van der Waals surface area contributed by atoms with E-state index >= 15 is 0 Å². The minimum absolute atomic E-state index is 0.0895. The Kier molecular flexibility index (Phi) is 4.75. The number of anilines is 2. The number of nitrogen functional groups attached to an aromatic ring is 1. The van der Waals surface area contributed by atoms with Crippen molar-refractivity contribution in [1.29, 1.82) is 0 Å². The summed E-state index contributed by atoms with van der Waals surface area (Å²) >= 11 is 1.71. The van der Waals surface area contributed by atoms with Crippen molar-refractivity contribution in [2.24, 2.45) is 0 Å². The first kappa shape index (κ1) is 17.8. The predicted octanol–water partition coefficient (Wildman–Crippen LogP) is 3.73. The van der Waals surface area contributed by atoms with Crippen LogP contribution in [0.3, 0.4) is 0 Å². The van der Waals surface area contributed by atoms with Gasteiger partial charge in [0.05, 0.1) is 11.6 Å². The Morgan fingerprint density at radius 2 is 2.12 bits per heavy atom. The van der Waals surface area contributed by atoms with Crippen LogP contribution >= 0.6 is 11.3 Å². The van der Waals surface area contributed by atoms with Gasteiger partial charge >= 0.3 is 6.18 Å². The monoisotopic (exact) mass is 369 g/mol. The van der Waals surface area contributed by atoms with Crippen molar-refractivity contribution in [3.8, 4) is 0 Å². The maximum absolute atomic E-state index is 12.9. The first-order chi connectivity index (χ1) is 11.8. The van der Waals surface area contributed by atoms with E-state index in [-0.39, 0.29) is 17.3 Å². The third-order valence-electron chi connectivity index (χ3n) is 4.39. The van der Waals surface area contributed by atoms with E-state index in [9.17, 15) is 18.0 Å². The zero-order valence-electron chi connectivity index (χ0n) is 13.6. The number of amides is 1. The molecule has 0 spiro atoms. The van der Waals surface area contributed by atoms with E-state index in [1.165, 1.54) is 16.5 Å². The molecule has 0 fully saturated rings. The third-order valence-corrected chi connectivity index (χ3v) is 5.41. The van der Waals surface area contributed by atoms with Crippen molar-refractivity contribution < 1.29 is 18.0 Å². The maximum atomic E-state index is 12.9. The number of alkyl halides is 3. The van der Waals surface area contributed by atoms with Crippen molar-refractivity contribution in [2.45, 2.75) is 32.1 Å². The van der Waals surface area contributed by atoms with Crippen LogP contribution in [0.25, 0.3) is 0 Å². The molecule has 25 heavy (non-hydrogen) atoms. The Labute approximate surface area is 147 Å². The summed E-state index contributed by atoms with van der Waals surface area (Å²) in [5.74, 6) is -0.337. The average Bonchev–Trinajstić information content (AvgIpc) is 3.02. The number of hydrogen-bond acceptors (Lipinski definition) is 4. The molecule has 134 valence electrons. The summed E-state index contributed by atoms with van der Waals surface area (Å²) in [7, 11) is 0. The average molecular weight is 369 g/mol. The summed E-state index contributed by atoms with van der Waals surface area (Å²) in [5.41, 5.74) is 5.37. The smallest absolute Gasteiger partial charge is 0.398 e. The molecule has 3 rings (SSSR count). The maximum Gasteiger partial charge on any atom is 0.418 e. The number of halogens is 3. The number of nitrogens with one attached hydrogen (secondary N) is 1. The fourth-order valence-electron chi connectivity index (χ4n) is 2.89. The van der Waals surface area contributed by atoms with Crippen LogP contribution in [0.4, 0.5) is 24.5 Å². The zero-order chi connectivity index (χ0) is 18.2. The van der Waals surface area contributed by atoms with Gasteiger partial charge in [0.1, 0.15) is 0 Å². The molecule has 1 aromatic heterocycles. The largest absolute Gasteiger partial charge is 0.418 e. The van der Waals surface area contributed by atoms with Gasteiger partial charge in [0, 0.05) is 29.3 Å². The van der Waals surface area contributed by atoms with E-state index in [0.717, 1.165) is 25.1 Å². The zero-order valence-corrected chi connectivity index (χ0v) is 14.4. The van der Waals surface area contributed by atoms with Crippen LogP contribution in [0, 0.1) is 0 Å². The number of nitrogens with two attached hydrogens (primary N) is 1. The Balaban J connectivity index is 1.70. The van der Waals surface area contributed by atoms with Gasteiger partial charge in [0.2, 0.25) is 5.91 Å². The number of carbonyl (C=O) groups is 1. The summed E-state index contributed by atoms with van der Waals surface area (Å²) in [6.45, 7) is 3.18. The summed E-state index contributed by atoms with van der Waals surface area (Å²) in [6, 6.07) is 5.00. The minimum atomic E-state index is -4.56. The molecule has 0 radical (unpaired) electrons. The third kappa shape index (κ3) is 3.80. The molecule has 8 heteroatoms. The fourth-order valence-corrected chi connectivity index (χ4v) is 3.78. The van der Waals surface area contributed by atoms with Crippen LogP contribution in [0.15, 0.2) is 29.6 Å². The topological polar surface area (TPSA) is 58.4 Å². The Hall–Kier alpha value is -2.06. The second-order valence-corrected chi connectivity index (χ2v) is 7.06. The van der Waals surface area contributed by atoms with Gasteiger partial charge in [-0.2, -0.15) is 13.2 Å². The van der Waals surface area contributed by atoms with E-state index in [2.05, 4.69) is 5.32 Å². The van der Waals surface area contributed by atoms with E-state index < -0.39 is 17.8 Å². The molecular formula is C17H18F3N3OS. The highest BCUT2D eigenvalue weighted by atomic mass is 32.1. The van der Waals surface area contributed by atoms with Gasteiger partial charge in [0.25, 0.3) is 0 Å². The summed E-state index contributed by atoms with van der Waals surface area (Å²) in [4.78, 5) is 15.8. The highest BCUT2D eigenvalue weighted by Gasteiger charge is 2.33. The molecule has 2 aromatic rings. The quantitative estimate of drug-likeness (QED) is 0.811. The van der Waals surface area contributed by atoms with Crippen molar-refractivity contribution in [3.63, 3.8) is 0 Å². The molecule has 0 aliphatic carbocycles. The lowest BCUT2D eigenvalue weighted by Gasteiger charge is -2.31. The second kappa shape index (κ2) is 6.68. The lowest BCUT2D eigenvalue weighted by molar-refractivity contribution is -0.137. The van der Waals surface area contributed by atoms with Gasteiger partial charge in [-0.3, -0.25) is 9.69 Å². The molecule has 3 N–H and O–H groups in total. The summed E-state index contributed by atoms with van der Waals surface area (Å²) in [6.07, 6.45) is -3.68. The number of hydrogen-bond donors (Lipinski definition) is 2. The first-order valence-corrected chi connectivity index (χ1v) is 8.70. The lowest BCUT2D eigenvalue weighted by atomic mass is 10.1. The van der Waals surface area contributed by atoms with E-state index in [0.29, 0.717) is 6.54 Å². The predicted molar refractivity (Wildman–Crippen MR) is 92.4 cm³/mol. The van der Waals surface area contributed by atoms with Crippen molar-refractivity contribution in [3.05, 3.63) is 45.6 Å². The summed E-state index contributed by atoms with van der Waals surface area (Å²) < 4.78 is 38.8. The molecule has 1 unspecified atom stereocenters. The fraction of sp³-hybridized carbons (Fsp3) is 0.353. The van der Waals surface area contributed by atoms with Crippen molar-refractivity contribution >= 4 is 28.6 Å². The van der Waals surface area contributed by atoms with Gasteiger partial charge in [-0.1, -0.05) is 0 Å². The minimum Gasteiger partial charge on any atom is -0.398 e. The normalized spacial score (nSPS) is 16.3. The molecule has 0 saturated carbocycles. The highest BCUT2D eigenvalue weighted by Crippen LogP contribution is 2.35. The number of benzene rings is 1.